The Kier molecular flexibility index (Phi) is 22.8. The molecule has 0 aromatic rings. The van der Waals surface area contributed by atoms with Crippen LogP contribution in [0.15, 0.2) is 0 Å². The molecule has 0 bridgehead atoms. The summed E-state index contributed by atoms with van der Waals surface area (Å²) in [5.74, 6) is 0. The summed E-state index contributed by atoms with van der Waals surface area (Å²) >= 11 is 0. The molecule has 174 valence electrons. The van der Waals surface area contributed by atoms with Crippen molar-refractivity contribution in [2.45, 2.75) is 123 Å². The van der Waals surface area contributed by atoms with Crippen molar-refractivity contribution in [2.24, 2.45) is 0 Å². The highest BCUT2D eigenvalue weighted by molar-refractivity contribution is 5.67. The first-order chi connectivity index (χ1) is 14.2. The number of nitrogens with one attached hydrogen (secondary N) is 1. The molecule has 0 aliphatic carbocycles. The third-order valence-corrected chi connectivity index (χ3v) is 5.31. The number of hydrogen-bond donors (Lipinski definition) is 2. The number of aliphatic hydroxyl groups is 1. The molecule has 1 atom stereocenters. The molecule has 0 aliphatic rings. The average molecular weight is 416 g/mol. The molecular weight excluding hydrogens is 366 g/mol. The summed E-state index contributed by atoms with van der Waals surface area (Å²) < 4.78 is 10.3. The van der Waals surface area contributed by atoms with Crippen LogP contribution in [0.2, 0.25) is 0 Å². The molecule has 1 unspecified atom stereocenters. The van der Waals surface area contributed by atoms with Crippen LogP contribution in [0, 0.1) is 0 Å². The molecule has 0 radical (unpaired) electrons. The van der Waals surface area contributed by atoms with Crippen LogP contribution in [0.25, 0.3) is 0 Å². The maximum Gasteiger partial charge on any atom is 0.407 e. The number of aliphatic hydroxyl groups excluding tert-OH is 1. The summed E-state index contributed by atoms with van der Waals surface area (Å²) in [7, 11) is 0. The van der Waals surface area contributed by atoms with Crippen molar-refractivity contribution in [2.75, 3.05) is 26.4 Å². The van der Waals surface area contributed by atoms with Crippen molar-refractivity contribution in [1.82, 2.24) is 5.32 Å². The Hall–Kier alpha value is -0.810. The Morgan fingerprint density at radius 3 is 1.62 bits per heavy atom. The van der Waals surface area contributed by atoms with Crippen molar-refractivity contribution in [3.8, 4) is 0 Å². The molecule has 0 saturated heterocycles. The maximum absolute atomic E-state index is 11.6. The summed E-state index contributed by atoms with van der Waals surface area (Å²) in [6.45, 7) is 5.22. The molecule has 1 amide bonds. The van der Waals surface area contributed by atoms with Crippen LogP contribution in [-0.4, -0.2) is 43.7 Å². The first kappa shape index (κ1) is 28.2. The van der Waals surface area contributed by atoms with Crippen molar-refractivity contribution in [1.29, 1.82) is 0 Å². The quantitative estimate of drug-likeness (QED) is 0.202. The zero-order valence-corrected chi connectivity index (χ0v) is 19.4. The fraction of sp³-hybridized carbons (Fsp3) is 0.958. The minimum atomic E-state index is -0.429. The van der Waals surface area contributed by atoms with Gasteiger partial charge in [0.05, 0.1) is 6.61 Å². The predicted molar refractivity (Wildman–Crippen MR) is 121 cm³/mol. The zero-order chi connectivity index (χ0) is 21.4. The van der Waals surface area contributed by atoms with Gasteiger partial charge >= 0.3 is 6.09 Å². The second-order valence-electron chi connectivity index (χ2n) is 8.09. The van der Waals surface area contributed by atoms with E-state index in [0.717, 1.165) is 12.8 Å². The van der Waals surface area contributed by atoms with Gasteiger partial charge in [0.1, 0.15) is 12.7 Å². The van der Waals surface area contributed by atoms with Gasteiger partial charge in [0, 0.05) is 13.2 Å². The number of carbonyl (C=O) groups excluding carboxylic acids is 1. The van der Waals surface area contributed by atoms with Crippen molar-refractivity contribution in [3.63, 3.8) is 0 Å². The minimum absolute atomic E-state index is 0.0924. The van der Waals surface area contributed by atoms with E-state index in [1.165, 1.54) is 89.9 Å². The van der Waals surface area contributed by atoms with Crippen LogP contribution in [0.1, 0.15) is 117 Å². The van der Waals surface area contributed by atoms with Gasteiger partial charge in [-0.3, -0.25) is 0 Å². The lowest BCUT2D eigenvalue weighted by Crippen LogP contribution is -2.31. The van der Waals surface area contributed by atoms with Gasteiger partial charge in [-0.05, 0) is 13.3 Å². The molecule has 0 heterocycles. The van der Waals surface area contributed by atoms with E-state index in [0.29, 0.717) is 13.2 Å². The SMILES string of the molecule is CCCCCCCCCCCCCCCCCCNC(=O)OCC(CO)OCC. The van der Waals surface area contributed by atoms with Crippen LogP contribution >= 0.6 is 0 Å². The summed E-state index contributed by atoms with van der Waals surface area (Å²) in [6.07, 6.45) is 20.6. The third kappa shape index (κ3) is 21.7. The Balaban J connectivity index is 3.21. The highest BCUT2D eigenvalue weighted by atomic mass is 16.6. The van der Waals surface area contributed by atoms with Gasteiger partial charge in [0.2, 0.25) is 0 Å². The molecule has 0 aliphatic heterocycles. The molecule has 0 rings (SSSR count). The molecule has 2 N–H and O–H groups in total. The first-order valence-corrected chi connectivity index (χ1v) is 12.4. The van der Waals surface area contributed by atoms with Crippen molar-refractivity contribution < 1.29 is 19.4 Å². The van der Waals surface area contributed by atoms with Crippen LogP contribution in [-0.2, 0) is 9.47 Å². The van der Waals surface area contributed by atoms with Gasteiger partial charge in [0.25, 0.3) is 0 Å². The van der Waals surface area contributed by atoms with Gasteiger partial charge in [-0.25, -0.2) is 4.79 Å². The highest BCUT2D eigenvalue weighted by Gasteiger charge is 2.10. The molecule has 0 fully saturated rings. The van der Waals surface area contributed by atoms with Crippen molar-refractivity contribution >= 4 is 6.09 Å². The number of hydrogen-bond acceptors (Lipinski definition) is 4. The molecule has 29 heavy (non-hydrogen) atoms. The van der Waals surface area contributed by atoms with Gasteiger partial charge in [-0.2, -0.15) is 0 Å². The van der Waals surface area contributed by atoms with E-state index < -0.39 is 12.2 Å². The number of rotatable bonds is 22. The Morgan fingerprint density at radius 2 is 1.21 bits per heavy atom. The number of carbonyl (C=O) groups is 1. The monoisotopic (exact) mass is 415 g/mol. The van der Waals surface area contributed by atoms with E-state index in [1.54, 1.807) is 0 Å². The summed E-state index contributed by atoms with van der Waals surface area (Å²) in [5.41, 5.74) is 0. The molecule has 5 nitrogen and oxygen atoms in total. The van der Waals surface area contributed by atoms with Crippen LogP contribution in [0.4, 0.5) is 4.79 Å². The third-order valence-electron chi connectivity index (χ3n) is 5.31. The molecule has 0 aromatic heterocycles. The van der Waals surface area contributed by atoms with E-state index in [2.05, 4.69) is 12.2 Å². The smallest absolute Gasteiger partial charge is 0.407 e. The average Bonchev–Trinajstić information content (AvgIpc) is 2.73. The van der Waals surface area contributed by atoms with Crippen LogP contribution in [0.5, 0.6) is 0 Å². The molecule has 0 aromatic carbocycles. The van der Waals surface area contributed by atoms with Crippen LogP contribution in [0.3, 0.4) is 0 Å². The number of alkyl carbamates (subject to hydrolysis) is 1. The highest BCUT2D eigenvalue weighted by Crippen LogP contribution is 2.13. The Morgan fingerprint density at radius 1 is 0.759 bits per heavy atom. The van der Waals surface area contributed by atoms with E-state index in [1.807, 2.05) is 6.92 Å². The first-order valence-electron chi connectivity index (χ1n) is 12.4. The van der Waals surface area contributed by atoms with Gasteiger partial charge in [-0.15, -0.1) is 0 Å². The Labute approximate surface area is 180 Å². The van der Waals surface area contributed by atoms with E-state index in [9.17, 15) is 4.79 Å². The number of ether oxygens (including phenoxy) is 2. The largest absolute Gasteiger partial charge is 0.447 e. The second-order valence-corrected chi connectivity index (χ2v) is 8.09. The lowest BCUT2D eigenvalue weighted by Gasteiger charge is -2.14. The van der Waals surface area contributed by atoms with E-state index in [-0.39, 0.29) is 13.2 Å². The standard InChI is InChI=1S/C24H49NO4/c1-3-5-6-7-8-9-10-11-12-13-14-15-16-17-18-19-20-25-24(27)29-22-23(21-26)28-4-2/h23,26H,3-22H2,1-2H3,(H,25,27). The molecule has 0 spiro atoms. The summed E-state index contributed by atoms with van der Waals surface area (Å²) in [6, 6.07) is 0. The van der Waals surface area contributed by atoms with E-state index >= 15 is 0 Å². The predicted octanol–water partition coefficient (Wildman–Crippen LogP) is 6.37. The summed E-state index contributed by atoms with van der Waals surface area (Å²) in [4.78, 5) is 11.6. The molecular formula is C24H49NO4. The van der Waals surface area contributed by atoms with Crippen molar-refractivity contribution in [3.05, 3.63) is 0 Å². The maximum atomic E-state index is 11.6. The van der Waals surface area contributed by atoms with Crippen LogP contribution < -0.4 is 5.32 Å². The fourth-order valence-electron chi connectivity index (χ4n) is 3.47. The molecule has 0 saturated carbocycles. The lowest BCUT2D eigenvalue weighted by molar-refractivity contribution is -0.0192. The van der Waals surface area contributed by atoms with Gasteiger partial charge < -0.3 is 19.9 Å². The fourth-order valence-corrected chi connectivity index (χ4v) is 3.47. The van der Waals surface area contributed by atoms with E-state index in [4.69, 9.17) is 14.6 Å². The zero-order valence-electron chi connectivity index (χ0n) is 19.4. The number of unbranched alkanes of at least 4 members (excludes halogenated alkanes) is 15. The van der Waals surface area contributed by atoms with Gasteiger partial charge in [0.15, 0.2) is 0 Å². The normalized spacial score (nSPS) is 12.1. The minimum Gasteiger partial charge on any atom is -0.447 e. The second kappa shape index (κ2) is 23.5. The Bertz CT molecular complexity index is 339. The summed E-state index contributed by atoms with van der Waals surface area (Å²) in [5, 5.41) is 11.8. The molecule has 5 heteroatoms. The van der Waals surface area contributed by atoms with Gasteiger partial charge in [-0.1, -0.05) is 103 Å². The topological polar surface area (TPSA) is 67.8 Å². The lowest BCUT2D eigenvalue weighted by atomic mass is 10.0. The number of amides is 1.